The quantitative estimate of drug-likeness (QED) is 0.0195. The van der Waals surface area contributed by atoms with Crippen molar-refractivity contribution in [1.82, 2.24) is 5.32 Å². The summed E-state index contributed by atoms with van der Waals surface area (Å²) in [6.07, 6.45) is 71.1. The number of nitrogens with one attached hydrogen (secondary N) is 1. The lowest BCUT2D eigenvalue weighted by molar-refractivity contribution is -0.302. The maximum atomic E-state index is 13.1. The van der Waals surface area contributed by atoms with Gasteiger partial charge in [0.15, 0.2) is 6.29 Å². The molecule has 1 rings (SSSR count). The molecule has 1 aliphatic heterocycles. The highest BCUT2D eigenvalue weighted by Gasteiger charge is 2.44. The monoisotopic (exact) mass is 1190 g/mol. The molecule has 1 amide bonds. The molecule has 0 bridgehead atoms. The van der Waals surface area contributed by atoms with Crippen LogP contribution in [0, 0.1) is 0 Å². The van der Waals surface area contributed by atoms with Gasteiger partial charge >= 0.3 is 5.97 Å². The van der Waals surface area contributed by atoms with Gasteiger partial charge in [-0.3, -0.25) is 9.59 Å². The molecule has 7 unspecified atom stereocenters. The van der Waals surface area contributed by atoms with Crippen molar-refractivity contribution in [2.24, 2.45) is 0 Å². The number of unbranched alkanes of at least 4 members (excludes halogenated alkanes) is 43. The lowest BCUT2D eigenvalue weighted by Crippen LogP contribution is -2.60. The number of aliphatic hydroxyl groups is 5. The van der Waals surface area contributed by atoms with E-state index in [1.165, 1.54) is 250 Å². The van der Waals surface area contributed by atoms with E-state index in [1.807, 2.05) is 6.08 Å². The molecule has 6 N–H and O–H groups in total. The molecule has 11 heteroatoms. The molecule has 1 aliphatic rings. The van der Waals surface area contributed by atoms with Crippen LogP contribution < -0.4 is 5.32 Å². The highest BCUT2D eigenvalue weighted by molar-refractivity contribution is 5.76. The topological polar surface area (TPSA) is 175 Å². The van der Waals surface area contributed by atoms with Crippen molar-refractivity contribution in [3.63, 3.8) is 0 Å². The summed E-state index contributed by atoms with van der Waals surface area (Å²) in [7, 11) is 0. The van der Waals surface area contributed by atoms with Crippen molar-refractivity contribution >= 4 is 11.9 Å². The Balaban J connectivity index is 1.98. The summed E-state index contributed by atoms with van der Waals surface area (Å²) in [6.45, 7) is 4.33. The van der Waals surface area contributed by atoms with Gasteiger partial charge in [0.05, 0.1) is 32.0 Å². The first-order valence-electron chi connectivity index (χ1n) is 35.9. The Morgan fingerprint density at radius 2 is 0.774 bits per heavy atom. The summed E-state index contributed by atoms with van der Waals surface area (Å²) >= 11 is 0. The Kier molecular flexibility index (Phi) is 59.0. The van der Waals surface area contributed by atoms with Gasteiger partial charge in [0, 0.05) is 12.8 Å². The van der Waals surface area contributed by atoms with Crippen LogP contribution in [0.15, 0.2) is 48.6 Å². The maximum Gasteiger partial charge on any atom is 0.305 e. The molecule has 492 valence electrons. The average Bonchev–Trinajstić information content (AvgIpc) is 3.68. The number of hydrogen-bond donors (Lipinski definition) is 6. The molecule has 1 heterocycles. The fourth-order valence-corrected chi connectivity index (χ4v) is 11.2. The zero-order chi connectivity index (χ0) is 60.9. The van der Waals surface area contributed by atoms with Gasteiger partial charge in [-0.2, -0.15) is 0 Å². The van der Waals surface area contributed by atoms with Gasteiger partial charge < -0.3 is 45.1 Å². The number of carbonyl (C=O) groups excluding carboxylic acids is 2. The molecule has 0 aromatic heterocycles. The second-order valence-electron chi connectivity index (χ2n) is 24.9. The molecule has 0 saturated carbocycles. The van der Waals surface area contributed by atoms with Crippen LogP contribution in [0.4, 0.5) is 0 Å². The number of amides is 1. The first-order chi connectivity index (χ1) is 41.2. The van der Waals surface area contributed by atoms with Gasteiger partial charge in [-0.1, -0.05) is 294 Å². The molecular formula is C73H135NO10. The fourth-order valence-electron chi connectivity index (χ4n) is 11.2. The lowest BCUT2D eigenvalue weighted by atomic mass is 9.99. The van der Waals surface area contributed by atoms with Gasteiger partial charge in [-0.25, -0.2) is 0 Å². The van der Waals surface area contributed by atoms with Crippen molar-refractivity contribution in [3.05, 3.63) is 48.6 Å². The number of rotatable bonds is 63. The molecular weight excluding hydrogens is 1050 g/mol. The minimum absolute atomic E-state index is 0.00912. The molecule has 1 saturated heterocycles. The van der Waals surface area contributed by atoms with Gasteiger partial charge in [0.25, 0.3) is 0 Å². The zero-order valence-electron chi connectivity index (χ0n) is 54.6. The minimum atomic E-state index is -1.58. The molecule has 11 nitrogen and oxygen atoms in total. The Bertz CT molecular complexity index is 1530. The van der Waals surface area contributed by atoms with Gasteiger partial charge in [0.2, 0.25) is 5.91 Å². The standard InChI is InChI=1S/C73H135NO10/c1-3-5-7-9-11-13-15-16-36-40-43-47-51-55-59-66(76)65(64-83-73-72(81)71(80)70(79)67(63-75)84-73)74-68(77)60-56-52-48-44-41-37-34-32-30-28-26-24-22-20-18-17-19-21-23-25-27-29-31-33-35-38-42-46-50-54-58-62-82-69(78)61-57-53-49-45-39-14-12-10-8-6-4-2/h13,15,19,21,40,43,55,59,65-67,70-73,75-76,79-81H,3-12,14,16-18,20,22-39,41-42,44-54,56-58,60-64H2,1-2H3,(H,74,77)/b15-13+,21-19-,43-40+,59-55+. The molecule has 0 spiro atoms. The van der Waals surface area contributed by atoms with E-state index in [0.29, 0.717) is 19.4 Å². The van der Waals surface area contributed by atoms with Crippen molar-refractivity contribution in [3.8, 4) is 0 Å². The SMILES string of the molecule is CCCCCC/C=C/CC/C=C/CC/C=C/C(O)C(COC1OC(CO)C(O)C(O)C1O)NC(=O)CCCCCCCCCCCCCCCCC/C=C\CCCCCCCCCCCCCCOC(=O)CCCCCCCCCCCCC. The molecule has 7 atom stereocenters. The Morgan fingerprint density at radius 1 is 0.429 bits per heavy atom. The maximum absolute atomic E-state index is 13.1. The molecule has 1 fully saturated rings. The Morgan fingerprint density at radius 3 is 1.19 bits per heavy atom. The van der Waals surface area contributed by atoms with Crippen LogP contribution in [-0.4, -0.2) is 100 Å². The summed E-state index contributed by atoms with van der Waals surface area (Å²) in [6, 6.07) is -0.834. The first-order valence-corrected chi connectivity index (χ1v) is 35.9. The van der Waals surface area contributed by atoms with E-state index in [0.717, 1.165) is 64.2 Å². The van der Waals surface area contributed by atoms with Crippen molar-refractivity contribution in [2.45, 2.75) is 384 Å². The van der Waals surface area contributed by atoms with E-state index in [-0.39, 0.29) is 18.5 Å². The van der Waals surface area contributed by atoms with Gasteiger partial charge in [-0.15, -0.1) is 0 Å². The predicted molar refractivity (Wildman–Crippen MR) is 352 cm³/mol. The van der Waals surface area contributed by atoms with Crippen LogP contribution in [0.1, 0.15) is 341 Å². The third-order valence-electron chi connectivity index (χ3n) is 16.9. The number of ether oxygens (including phenoxy) is 3. The second-order valence-corrected chi connectivity index (χ2v) is 24.9. The summed E-state index contributed by atoms with van der Waals surface area (Å²) < 4.78 is 16.7. The van der Waals surface area contributed by atoms with Crippen molar-refractivity contribution in [1.29, 1.82) is 0 Å². The summed E-state index contributed by atoms with van der Waals surface area (Å²) in [4.78, 5) is 25.1. The minimum Gasteiger partial charge on any atom is -0.466 e. The highest BCUT2D eigenvalue weighted by atomic mass is 16.7. The number of allylic oxidation sites excluding steroid dienone is 7. The first kappa shape index (κ1) is 79.6. The third kappa shape index (κ3) is 50.6. The zero-order valence-corrected chi connectivity index (χ0v) is 54.6. The molecule has 84 heavy (non-hydrogen) atoms. The van der Waals surface area contributed by atoms with Crippen molar-refractivity contribution in [2.75, 3.05) is 19.8 Å². The molecule has 0 aliphatic carbocycles. The largest absolute Gasteiger partial charge is 0.466 e. The fraction of sp³-hybridized carbons (Fsp3) is 0.863. The summed E-state index contributed by atoms with van der Waals surface area (Å²) in [5.74, 6) is -0.184. The number of hydrogen-bond acceptors (Lipinski definition) is 10. The van der Waals surface area contributed by atoms with Crippen LogP contribution in [0.3, 0.4) is 0 Å². The Labute approximate surface area is 516 Å². The molecule has 0 aromatic carbocycles. The van der Waals surface area contributed by atoms with E-state index >= 15 is 0 Å². The average molecular weight is 1190 g/mol. The van der Waals surface area contributed by atoms with E-state index in [9.17, 15) is 35.1 Å². The highest BCUT2D eigenvalue weighted by Crippen LogP contribution is 2.23. The van der Waals surface area contributed by atoms with Gasteiger partial charge in [0.1, 0.15) is 24.4 Å². The Hall–Kier alpha value is -2.38. The number of esters is 1. The molecule has 0 radical (unpaired) electrons. The van der Waals surface area contributed by atoms with Crippen LogP contribution in [0.5, 0.6) is 0 Å². The van der Waals surface area contributed by atoms with E-state index < -0.39 is 49.5 Å². The van der Waals surface area contributed by atoms with Crippen LogP contribution in [0.2, 0.25) is 0 Å². The second kappa shape index (κ2) is 62.2. The van der Waals surface area contributed by atoms with Gasteiger partial charge in [-0.05, 0) is 83.5 Å². The number of aliphatic hydroxyl groups excluding tert-OH is 5. The van der Waals surface area contributed by atoms with E-state index in [4.69, 9.17) is 14.2 Å². The normalized spacial score (nSPS) is 18.3. The number of carbonyl (C=O) groups is 2. The predicted octanol–water partition coefficient (Wildman–Crippen LogP) is 18.4. The van der Waals surface area contributed by atoms with Crippen LogP contribution in [0.25, 0.3) is 0 Å². The molecule has 0 aromatic rings. The van der Waals surface area contributed by atoms with E-state index in [1.54, 1.807) is 6.08 Å². The summed E-state index contributed by atoms with van der Waals surface area (Å²) in [5.41, 5.74) is 0. The third-order valence-corrected chi connectivity index (χ3v) is 16.9. The van der Waals surface area contributed by atoms with Crippen LogP contribution >= 0.6 is 0 Å². The summed E-state index contributed by atoms with van der Waals surface area (Å²) in [5, 5.41) is 54.5. The van der Waals surface area contributed by atoms with Crippen LogP contribution in [-0.2, 0) is 23.8 Å². The lowest BCUT2D eigenvalue weighted by Gasteiger charge is -2.40. The smallest absolute Gasteiger partial charge is 0.305 e. The van der Waals surface area contributed by atoms with E-state index in [2.05, 4.69) is 55.6 Å². The van der Waals surface area contributed by atoms with Crippen molar-refractivity contribution < 1.29 is 49.3 Å².